The molecule has 2 aromatic carbocycles. The second-order valence-electron chi connectivity index (χ2n) is 4.83. The van der Waals surface area contributed by atoms with Gasteiger partial charge >= 0.3 is 0 Å². The van der Waals surface area contributed by atoms with Crippen LogP contribution in [0.2, 0.25) is 0 Å². The number of hydrogen-bond donors (Lipinski definition) is 1. The number of ether oxygens (including phenoxy) is 2. The highest BCUT2D eigenvalue weighted by Gasteiger charge is 2.06. The van der Waals surface area contributed by atoms with Crippen molar-refractivity contribution in [3.8, 4) is 11.5 Å². The van der Waals surface area contributed by atoms with Gasteiger partial charge in [-0.3, -0.25) is 0 Å². The summed E-state index contributed by atoms with van der Waals surface area (Å²) in [4.78, 5) is 0. The zero-order valence-corrected chi connectivity index (χ0v) is 12.2. The standard InChI is InChI=1S/C17H21NO2/c1-13-7-6-8-15(11-13)20-14(2)12-18-16-9-4-5-10-17(16)19-3/h4-11,14,18H,12H2,1-3H3. The molecule has 3 heteroatoms. The van der Waals surface area contributed by atoms with Gasteiger partial charge in [-0.2, -0.15) is 0 Å². The molecule has 2 aromatic rings. The monoisotopic (exact) mass is 271 g/mol. The number of para-hydroxylation sites is 2. The lowest BCUT2D eigenvalue weighted by Gasteiger charge is -2.17. The normalized spacial score (nSPS) is 11.8. The minimum absolute atomic E-state index is 0.0710. The first-order valence-corrected chi connectivity index (χ1v) is 6.79. The van der Waals surface area contributed by atoms with Gasteiger partial charge in [-0.15, -0.1) is 0 Å². The van der Waals surface area contributed by atoms with Crippen molar-refractivity contribution in [2.75, 3.05) is 19.0 Å². The molecule has 0 fully saturated rings. The van der Waals surface area contributed by atoms with Gasteiger partial charge in [0, 0.05) is 0 Å². The molecule has 0 aliphatic heterocycles. The van der Waals surface area contributed by atoms with E-state index in [0.29, 0.717) is 6.54 Å². The molecule has 0 heterocycles. The second-order valence-corrected chi connectivity index (χ2v) is 4.83. The Labute approximate surface area is 120 Å². The van der Waals surface area contributed by atoms with Gasteiger partial charge in [0.15, 0.2) is 0 Å². The molecule has 0 spiro atoms. The molecule has 0 saturated heterocycles. The van der Waals surface area contributed by atoms with Crippen molar-refractivity contribution in [1.82, 2.24) is 0 Å². The van der Waals surface area contributed by atoms with Gasteiger partial charge in [-0.25, -0.2) is 0 Å². The Bertz CT molecular complexity index is 554. The Morgan fingerprint density at radius 1 is 1.10 bits per heavy atom. The smallest absolute Gasteiger partial charge is 0.141 e. The lowest BCUT2D eigenvalue weighted by molar-refractivity contribution is 0.234. The van der Waals surface area contributed by atoms with Crippen LogP contribution in [0.5, 0.6) is 11.5 Å². The summed E-state index contributed by atoms with van der Waals surface area (Å²) in [7, 11) is 1.67. The predicted molar refractivity (Wildman–Crippen MR) is 82.8 cm³/mol. The second kappa shape index (κ2) is 6.85. The van der Waals surface area contributed by atoms with E-state index in [0.717, 1.165) is 17.2 Å². The van der Waals surface area contributed by atoms with Crippen molar-refractivity contribution in [1.29, 1.82) is 0 Å². The summed E-state index contributed by atoms with van der Waals surface area (Å²) in [5.74, 6) is 1.74. The molecule has 0 amide bonds. The van der Waals surface area contributed by atoms with Gasteiger partial charge in [0.25, 0.3) is 0 Å². The fourth-order valence-electron chi connectivity index (χ4n) is 2.01. The zero-order valence-electron chi connectivity index (χ0n) is 12.2. The molecule has 3 nitrogen and oxygen atoms in total. The quantitative estimate of drug-likeness (QED) is 0.864. The molecule has 0 aliphatic carbocycles. The minimum atomic E-state index is 0.0710. The first-order chi connectivity index (χ1) is 9.69. The largest absolute Gasteiger partial charge is 0.495 e. The van der Waals surface area contributed by atoms with Crippen LogP contribution in [0.1, 0.15) is 12.5 Å². The summed E-state index contributed by atoms with van der Waals surface area (Å²) in [5, 5.41) is 3.35. The third-order valence-corrected chi connectivity index (χ3v) is 3.01. The van der Waals surface area contributed by atoms with E-state index in [9.17, 15) is 0 Å². The fourth-order valence-corrected chi connectivity index (χ4v) is 2.01. The Morgan fingerprint density at radius 2 is 1.90 bits per heavy atom. The van der Waals surface area contributed by atoms with Gasteiger partial charge in [-0.05, 0) is 43.7 Å². The molecule has 2 rings (SSSR count). The Morgan fingerprint density at radius 3 is 2.65 bits per heavy atom. The number of nitrogens with one attached hydrogen (secondary N) is 1. The van der Waals surface area contributed by atoms with Crippen LogP contribution in [0.4, 0.5) is 5.69 Å². The highest BCUT2D eigenvalue weighted by molar-refractivity contribution is 5.56. The fraction of sp³-hybridized carbons (Fsp3) is 0.294. The van der Waals surface area contributed by atoms with Crippen molar-refractivity contribution in [2.45, 2.75) is 20.0 Å². The van der Waals surface area contributed by atoms with E-state index in [-0.39, 0.29) is 6.10 Å². The van der Waals surface area contributed by atoms with E-state index >= 15 is 0 Å². The van der Waals surface area contributed by atoms with E-state index in [2.05, 4.69) is 18.3 Å². The molecule has 0 aliphatic rings. The Kier molecular flexibility index (Phi) is 4.88. The maximum atomic E-state index is 5.89. The Balaban J connectivity index is 1.90. The molecule has 1 atom stereocenters. The maximum Gasteiger partial charge on any atom is 0.141 e. The summed E-state index contributed by atoms with van der Waals surface area (Å²) in [6.07, 6.45) is 0.0710. The van der Waals surface area contributed by atoms with E-state index in [1.54, 1.807) is 7.11 Å². The lowest BCUT2D eigenvalue weighted by atomic mass is 10.2. The van der Waals surface area contributed by atoms with E-state index in [1.807, 2.05) is 49.4 Å². The van der Waals surface area contributed by atoms with Crippen LogP contribution in [0.25, 0.3) is 0 Å². The molecule has 0 radical (unpaired) electrons. The Hall–Kier alpha value is -2.16. The number of benzene rings is 2. The van der Waals surface area contributed by atoms with Gasteiger partial charge < -0.3 is 14.8 Å². The molecule has 0 bridgehead atoms. The molecule has 1 N–H and O–H groups in total. The molecule has 20 heavy (non-hydrogen) atoms. The van der Waals surface area contributed by atoms with E-state index < -0.39 is 0 Å². The summed E-state index contributed by atoms with van der Waals surface area (Å²) in [6.45, 7) is 4.82. The van der Waals surface area contributed by atoms with Crippen LogP contribution in [0.3, 0.4) is 0 Å². The number of hydrogen-bond acceptors (Lipinski definition) is 3. The first-order valence-electron chi connectivity index (χ1n) is 6.79. The van der Waals surface area contributed by atoms with Crippen molar-refractivity contribution in [2.24, 2.45) is 0 Å². The topological polar surface area (TPSA) is 30.5 Å². The minimum Gasteiger partial charge on any atom is -0.495 e. The zero-order chi connectivity index (χ0) is 14.4. The van der Waals surface area contributed by atoms with Crippen molar-refractivity contribution in [3.05, 3.63) is 54.1 Å². The molecular formula is C17H21NO2. The maximum absolute atomic E-state index is 5.89. The van der Waals surface area contributed by atoms with Crippen molar-refractivity contribution in [3.63, 3.8) is 0 Å². The average molecular weight is 271 g/mol. The first kappa shape index (κ1) is 14.3. The highest BCUT2D eigenvalue weighted by atomic mass is 16.5. The molecule has 0 aromatic heterocycles. The molecular weight excluding hydrogens is 250 g/mol. The van der Waals surface area contributed by atoms with Crippen molar-refractivity contribution >= 4 is 5.69 Å². The SMILES string of the molecule is COc1ccccc1NCC(C)Oc1cccc(C)c1. The van der Waals surface area contributed by atoms with Crippen LogP contribution in [-0.2, 0) is 0 Å². The van der Waals surface area contributed by atoms with Crippen LogP contribution in [0, 0.1) is 6.92 Å². The third-order valence-electron chi connectivity index (χ3n) is 3.01. The summed E-state index contributed by atoms with van der Waals surface area (Å²) >= 11 is 0. The number of rotatable bonds is 6. The van der Waals surface area contributed by atoms with E-state index in [1.165, 1.54) is 5.56 Å². The number of anilines is 1. The summed E-state index contributed by atoms with van der Waals surface area (Å²) in [6, 6.07) is 16.0. The van der Waals surface area contributed by atoms with Gasteiger partial charge in [-0.1, -0.05) is 24.3 Å². The number of aryl methyl sites for hydroxylation is 1. The third kappa shape index (κ3) is 3.92. The highest BCUT2D eigenvalue weighted by Crippen LogP contribution is 2.23. The average Bonchev–Trinajstić information content (AvgIpc) is 2.45. The van der Waals surface area contributed by atoms with Crippen molar-refractivity contribution < 1.29 is 9.47 Å². The number of methoxy groups -OCH3 is 1. The van der Waals surface area contributed by atoms with Crippen LogP contribution >= 0.6 is 0 Å². The lowest BCUT2D eigenvalue weighted by Crippen LogP contribution is -2.22. The molecule has 0 saturated carbocycles. The van der Waals surface area contributed by atoms with Crippen LogP contribution in [-0.4, -0.2) is 19.8 Å². The van der Waals surface area contributed by atoms with Crippen LogP contribution in [0.15, 0.2) is 48.5 Å². The molecule has 1 unspecified atom stereocenters. The van der Waals surface area contributed by atoms with Gasteiger partial charge in [0.2, 0.25) is 0 Å². The summed E-state index contributed by atoms with van der Waals surface area (Å²) < 4.78 is 11.2. The van der Waals surface area contributed by atoms with Crippen LogP contribution < -0.4 is 14.8 Å². The van der Waals surface area contributed by atoms with E-state index in [4.69, 9.17) is 9.47 Å². The predicted octanol–water partition coefficient (Wildman–Crippen LogP) is 3.88. The molecule has 106 valence electrons. The summed E-state index contributed by atoms with van der Waals surface area (Å²) in [5.41, 5.74) is 2.18. The van der Waals surface area contributed by atoms with Gasteiger partial charge in [0.1, 0.15) is 17.6 Å². The van der Waals surface area contributed by atoms with Gasteiger partial charge in [0.05, 0.1) is 19.3 Å².